The van der Waals surface area contributed by atoms with Crippen molar-refractivity contribution in [3.05, 3.63) is 29.8 Å². The van der Waals surface area contributed by atoms with Crippen molar-refractivity contribution in [3.63, 3.8) is 0 Å². The minimum atomic E-state index is 0.339. The average molecular weight is 230 g/mol. The summed E-state index contributed by atoms with van der Waals surface area (Å²) < 4.78 is 5.80. The molecule has 0 amide bonds. The van der Waals surface area contributed by atoms with Crippen LogP contribution < -0.4 is 4.74 Å². The van der Waals surface area contributed by atoms with Crippen LogP contribution in [0.4, 0.5) is 0 Å². The second-order valence-electron chi connectivity index (χ2n) is 5.17. The second kappa shape index (κ2) is 4.77. The molecule has 0 heterocycles. The Morgan fingerprint density at radius 3 is 2.76 bits per heavy atom. The molecule has 1 aliphatic rings. The predicted molar refractivity (Wildman–Crippen MR) is 66.9 cm³/mol. The normalized spacial score (nSPS) is 16.6. The molecule has 0 saturated heterocycles. The highest BCUT2D eigenvalue weighted by Crippen LogP contribution is 2.46. The molecule has 90 valence electrons. The van der Waals surface area contributed by atoms with Gasteiger partial charge in [0.2, 0.25) is 0 Å². The summed E-state index contributed by atoms with van der Waals surface area (Å²) in [6, 6.07) is 9.48. The van der Waals surface area contributed by atoms with Crippen LogP contribution in [0, 0.1) is 16.7 Å². The van der Waals surface area contributed by atoms with E-state index in [4.69, 9.17) is 10.00 Å². The first-order valence-corrected chi connectivity index (χ1v) is 5.91. The zero-order chi connectivity index (χ0) is 12.3. The summed E-state index contributed by atoms with van der Waals surface area (Å²) >= 11 is 0. The first-order chi connectivity index (χ1) is 8.13. The molecule has 1 aliphatic carbocycles. The maximum Gasteiger partial charge on any atom is 0.120 e. The van der Waals surface area contributed by atoms with Gasteiger partial charge in [-0.25, -0.2) is 0 Å². The monoisotopic (exact) mass is 230 g/mol. The van der Waals surface area contributed by atoms with Gasteiger partial charge in [-0.15, -0.1) is 0 Å². The van der Waals surface area contributed by atoms with Crippen LogP contribution in [0.15, 0.2) is 24.3 Å². The van der Waals surface area contributed by atoms with Gasteiger partial charge < -0.3 is 9.64 Å². The maximum absolute atomic E-state index is 8.81. The van der Waals surface area contributed by atoms with Crippen molar-refractivity contribution in [1.82, 2.24) is 4.90 Å². The first-order valence-electron chi connectivity index (χ1n) is 5.91. The highest BCUT2D eigenvalue weighted by Gasteiger charge is 2.43. The van der Waals surface area contributed by atoms with E-state index < -0.39 is 0 Å². The van der Waals surface area contributed by atoms with Crippen molar-refractivity contribution in [2.75, 3.05) is 27.2 Å². The molecule has 1 fully saturated rings. The molecule has 0 unspecified atom stereocenters. The summed E-state index contributed by atoms with van der Waals surface area (Å²) in [4.78, 5) is 2.21. The number of nitriles is 1. The van der Waals surface area contributed by atoms with Crippen LogP contribution in [-0.4, -0.2) is 32.1 Å². The van der Waals surface area contributed by atoms with Gasteiger partial charge >= 0.3 is 0 Å². The Labute approximate surface area is 103 Å². The van der Waals surface area contributed by atoms with Crippen LogP contribution in [0.5, 0.6) is 5.75 Å². The molecule has 0 radical (unpaired) electrons. The molecule has 0 aromatic heterocycles. The lowest BCUT2D eigenvalue weighted by atomic mass is 10.1. The van der Waals surface area contributed by atoms with E-state index in [1.165, 1.54) is 12.8 Å². The average Bonchev–Trinajstić information content (AvgIpc) is 3.06. The van der Waals surface area contributed by atoms with E-state index in [0.717, 1.165) is 18.9 Å². The van der Waals surface area contributed by atoms with Crippen molar-refractivity contribution in [2.24, 2.45) is 5.41 Å². The van der Waals surface area contributed by atoms with Crippen LogP contribution in [0.1, 0.15) is 18.4 Å². The van der Waals surface area contributed by atoms with E-state index in [0.29, 0.717) is 11.0 Å². The van der Waals surface area contributed by atoms with Crippen molar-refractivity contribution in [2.45, 2.75) is 12.8 Å². The molecule has 1 aromatic rings. The van der Waals surface area contributed by atoms with E-state index in [1.54, 1.807) is 12.1 Å². The molecule has 0 atom stereocenters. The van der Waals surface area contributed by atoms with Gasteiger partial charge in [0.15, 0.2) is 0 Å². The van der Waals surface area contributed by atoms with Gasteiger partial charge in [-0.1, -0.05) is 6.07 Å². The summed E-state index contributed by atoms with van der Waals surface area (Å²) in [7, 11) is 4.19. The van der Waals surface area contributed by atoms with Gasteiger partial charge in [0.25, 0.3) is 0 Å². The van der Waals surface area contributed by atoms with Crippen molar-refractivity contribution >= 4 is 0 Å². The topological polar surface area (TPSA) is 36.3 Å². The highest BCUT2D eigenvalue weighted by molar-refractivity contribution is 5.36. The molecule has 17 heavy (non-hydrogen) atoms. The smallest absolute Gasteiger partial charge is 0.120 e. The fourth-order valence-corrected chi connectivity index (χ4v) is 2.09. The Balaban J connectivity index is 1.92. The van der Waals surface area contributed by atoms with E-state index in [9.17, 15) is 0 Å². The van der Waals surface area contributed by atoms with Crippen molar-refractivity contribution < 1.29 is 4.74 Å². The zero-order valence-electron chi connectivity index (χ0n) is 10.4. The molecule has 3 nitrogen and oxygen atoms in total. The molecule has 3 heteroatoms. The molecule has 0 bridgehead atoms. The van der Waals surface area contributed by atoms with Crippen LogP contribution >= 0.6 is 0 Å². The number of nitrogens with zero attached hydrogens (tertiary/aromatic N) is 2. The van der Waals surface area contributed by atoms with Crippen LogP contribution in [0.2, 0.25) is 0 Å². The summed E-state index contributed by atoms with van der Waals surface area (Å²) in [6.45, 7) is 1.82. The third-order valence-electron chi connectivity index (χ3n) is 3.12. The zero-order valence-corrected chi connectivity index (χ0v) is 10.4. The third kappa shape index (κ3) is 3.21. The second-order valence-corrected chi connectivity index (χ2v) is 5.17. The quantitative estimate of drug-likeness (QED) is 0.778. The number of benzene rings is 1. The first kappa shape index (κ1) is 11.9. The maximum atomic E-state index is 8.81. The SMILES string of the molecule is CN(C)CC1(COc2cccc(C#N)c2)CC1. The summed E-state index contributed by atoms with van der Waals surface area (Å²) in [5, 5.41) is 8.81. The lowest BCUT2D eigenvalue weighted by Gasteiger charge is -2.20. The van der Waals surface area contributed by atoms with E-state index in [1.807, 2.05) is 12.1 Å². The van der Waals surface area contributed by atoms with E-state index >= 15 is 0 Å². The Morgan fingerprint density at radius 1 is 1.41 bits per heavy atom. The molecule has 1 aromatic carbocycles. The van der Waals surface area contributed by atoms with Gasteiger partial charge in [0, 0.05) is 12.0 Å². The minimum Gasteiger partial charge on any atom is -0.493 e. The Hall–Kier alpha value is -1.53. The molecule has 0 N–H and O–H groups in total. The molecular weight excluding hydrogens is 212 g/mol. The minimum absolute atomic E-state index is 0.339. The van der Waals surface area contributed by atoms with Gasteiger partial charge in [-0.3, -0.25) is 0 Å². The molecule has 1 saturated carbocycles. The number of rotatable bonds is 5. The Bertz CT molecular complexity index is 430. The highest BCUT2D eigenvalue weighted by atomic mass is 16.5. The van der Waals surface area contributed by atoms with Crippen LogP contribution in [0.25, 0.3) is 0 Å². The molecule has 0 aliphatic heterocycles. The third-order valence-corrected chi connectivity index (χ3v) is 3.12. The van der Waals surface area contributed by atoms with E-state index in [-0.39, 0.29) is 0 Å². The number of hydrogen-bond donors (Lipinski definition) is 0. The van der Waals surface area contributed by atoms with Gasteiger partial charge in [-0.2, -0.15) is 5.26 Å². The Kier molecular flexibility index (Phi) is 3.35. The molecule has 0 spiro atoms. The lowest BCUT2D eigenvalue weighted by Crippen LogP contribution is -2.27. The van der Waals surface area contributed by atoms with Gasteiger partial charge in [0.05, 0.1) is 18.2 Å². The molecule has 2 rings (SSSR count). The molecular formula is C14H18N2O. The lowest BCUT2D eigenvalue weighted by molar-refractivity contribution is 0.194. The van der Waals surface area contributed by atoms with Crippen LogP contribution in [0.3, 0.4) is 0 Å². The largest absolute Gasteiger partial charge is 0.493 e. The summed E-state index contributed by atoms with van der Waals surface area (Å²) in [6.07, 6.45) is 2.48. The van der Waals surface area contributed by atoms with Crippen LogP contribution in [-0.2, 0) is 0 Å². The van der Waals surface area contributed by atoms with Gasteiger partial charge in [-0.05, 0) is 45.1 Å². The van der Waals surface area contributed by atoms with E-state index in [2.05, 4.69) is 25.1 Å². The van der Waals surface area contributed by atoms with Gasteiger partial charge in [0.1, 0.15) is 5.75 Å². The number of hydrogen-bond acceptors (Lipinski definition) is 3. The summed E-state index contributed by atoms with van der Waals surface area (Å²) in [5.41, 5.74) is 0.992. The number of ether oxygens (including phenoxy) is 1. The Morgan fingerprint density at radius 2 is 2.18 bits per heavy atom. The van der Waals surface area contributed by atoms with Crippen molar-refractivity contribution in [3.8, 4) is 11.8 Å². The fraction of sp³-hybridized carbons (Fsp3) is 0.500. The summed E-state index contributed by atoms with van der Waals surface area (Å²) in [5.74, 6) is 0.800. The predicted octanol–water partition coefficient (Wildman–Crippen LogP) is 2.28. The fourth-order valence-electron chi connectivity index (χ4n) is 2.09. The standard InChI is InChI=1S/C14H18N2O/c1-16(2)10-14(6-7-14)11-17-13-5-3-4-12(8-13)9-15/h3-5,8H,6-7,10-11H2,1-2H3. The van der Waals surface area contributed by atoms with Crippen molar-refractivity contribution in [1.29, 1.82) is 5.26 Å².